The van der Waals surface area contributed by atoms with Gasteiger partial charge in [-0.15, -0.1) is 0 Å². The van der Waals surface area contributed by atoms with Crippen LogP contribution in [0.25, 0.3) is 0 Å². The number of carboxylic acids is 2. The van der Waals surface area contributed by atoms with Crippen molar-refractivity contribution in [1.29, 1.82) is 0 Å². The van der Waals surface area contributed by atoms with Crippen LogP contribution in [0.1, 0.15) is 96.8 Å². The van der Waals surface area contributed by atoms with Crippen LogP contribution in [-0.4, -0.2) is 46.8 Å². The maximum absolute atomic E-state index is 10.7. The van der Waals surface area contributed by atoms with Crippen LogP contribution in [0.15, 0.2) is 0 Å². The quantitative estimate of drug-likeness (QED) is 0.426. The number of rotatable bonds is 10. The number of hydrogen-bond acceptors (Lipinski definition) is 4. The summed E-state index contributed by atoms with van der Waals surface area (Å²) in [5, 5.41) is 23.8. The van der Waals surface area contributed by atoms with Crippen LogP contribution in [-0.2, 0) is 9.59 Å². The fourth-order valence-corrected chi connectivity index (χ4v) is 3.91. The van der Waals surface area contributed by atoms with E-state index in [1.54, 1.807) is 0 Å². The predicted octanol–water partition coefficient (Wildman–Crippen LogP) is 3.94. The van der Waals surface area contributed by atoms with E-state index < -0.39 is 18.0 Å². The maximum atomic E-state index is 10.7. The highest BCUT2D eigenvalue weighted by molar-refractivity contribution is 5.75. The van der Waals surface area contributed by atoms with Gasteiger partial charge in [0.25, 0.3) is 0 Å². The standard InChI is InChI=1S/C12H23N.C9H17NO4/c1-3-7-11(8-4-1)13-12-9-5-2-6-10-12;1-2-3-6-10-7(9(13)14)4-5-8(11)12/h11-13H,1-10H2;7,10H,2-6H2,1H3,(H,11,12)(H,13,14)/t;7-/m.0/s1. The van der Waals surface area contributed by atoms with Crippen LogP contribution in [0.3, 0.4) is 0 Å². The highest BCUT2D eigenvalue weighted by Gasteiger charge is 2.19. The van der Waals surface area contributed by atoms with Crippen LogP contribution < -0.4 is 10.6 Å². The summed E-state index contributed by atoms with van der Waals surface area (Å²) in [7, 11) is 0. The average molecular weight is 385 g/mol. The first kappa shape index (κ1) is 23.9. The molecule has 2 rings (SSSR count). The van der Waals surface area contributed by atoms with Crippen LogP contribution in [0.2, 0.25) is 0 Å². The summed E-state index contributed by atoms with van der Waals surface area (Å²) in [4.78, 5) is 20.9. The average Bonchev–Trinajstić information content (AvgIpc) is 2.66. The van der Waals surface area contributed by atoms with E-state index in [4.69, 9.17) is 10.2 Å². The number of carbonyl (C=O) groups is 2. The lowest BCUT2D eigenvalue weighted by molar-refractivity contribution is -0.140. The van der Waals surface area contributed by atoms with Crippen LogP contribution in [0.4, 0.5) is 0 Å². The molecule has 0 unspecified atom stereocenters. The van der Waals surface area contributed by atoms with Gasteiger partial charge in [0, 0.05) is 18.5 Å². The van der Waals surface area contributed by atoms with E-state index in [0.717, 1.165) is 24.9 Å². The Labute approximate surface area is 164 Å². The fraction of sp³-hybridized carbons (Fsp3) is 0.905. The largest absolute Gasteiger partial charge is 0.481 e. The van der Waals surface area contributed by atoms with Crippen molar-refractivity contribution in [1.82, 2.24) is 10.6 Å². The molecule has 2 aliphatic rings. The first-order valence-electron chi connectivity index (χ1n) is 11.0. The highest BCUT2D eigenvalue weighted by atomic mass is 16.4. The molecular weight excluding hydrogens is 344 g/mol. The van der Waals surface area contributed by atoms with Gasteiger partial charge in [-0.3, -0.25) is 9.59 Å². The molecule has 0 heterocycles. The monoisotopic (exact) mass is 384 g/mol. The lowest BCUT2D eigenvalue weighted by Gasteiger charge is -2.30. The van der Waals surface area contributed by atoms with Gasteiger partial charge in [-0.2, -0.15) is 0 Å². The molecule has 6 nitrogen and oxygen atoms in total. The summed E-state index contributed by atoms with van der Waals surface area (Å²) in [5.74, 6) is -1.95. The Morgan fingerprint density at radius 1 is 0.926 bits per heavy atom. The molecule has 0 aromatic carbocycles. The van der Waals surface area contributed by atoms with Crippen LogP contribution in [0, 0.1) is 0 Å². The van der Waals surface area contributed by atoms with Crippen molar-refractivity contribution >= 4 is 11.9 Å². The molecule has 0 aromatic heterocycles. The van der Waals surface area contributed by atoms with Crippen molar-refractivity contribution in [2.24, 2.45) is 0 Å². The molecule has 27 heavy (non-hydrogen) atoms. The summed E-state index contributed by atoms with van der Waals surface area (Å²) >= 11 is 0. The van der Waals surface area contributed by atoms with Crippen molar-refractivity contribution < 1.29 is 19.8 Å². The van der Waals surface area contributed by atoms with Gasteiger partial charge in [-0.05, 0) is 45.1 Å². The van der Waals surface area contributed by atoms with Gasteiger partial charge in [0.1, 0.15) is 6.04 Å². The maximum Gasteiger partial charge on any atom is 0.320 e. The summed E-state index contributed by atoms with van der Waals surface area (Å²) in [6.07, 6.45) is 16.5. The third-order valence-electron chi connectivity index (χ3n) is 5.55. The Morgan fingerprint density at radius 2 is 1.44 bits per heavy atom. The number of carboxylic acid groups (broad SMARTS) is 2. The minimum Gasteiger partial charge on any atom is -0.481 e. The van der Waals surface area contributed by atoms with Gasteiger partial charge in [0.05, 0.1) is 0 Å². The Kier molecular flexibility index (Phi) is 13.2. The second-order valence-corrected chi connectivity index (χ2v) is 7.97. The van der Waals surface area contributed by atoms with E-state index >= 15 is 0 Å². The molecule has 1 atom stereocenters. The Balaban J connectivity index is 0.000000270. The first-order chi connectivity index (χ1) is 13.0. The molecule has 0 amide bonds. The SMILES string of the molecule is C1CCC(NC2CCCCC2)CC1.CCCCN[C@@H](CCC(=O)O)C(=O)O. The molecular formula is C21H40N2O4. The first-order valence-corrected chi connectivity index (χ1v) is 11.0. The van der Waals surface area contributed by atoms with E-state index in [1.807, 2.05) is 6.92 Å². The topological polar surface area (TPSA) is 98.7 Å². The van der Waals surface area contributed by atoms with Crippen LogP contribution in [0.5, 0.6) is 0 Å². The van der Waals surface area contributed by atoms with Crippen molar-refractivity contribution in [3.63, 3.8) is 0 Å². The Hall–Kier alpha value is -1.14. The normalized spacial score (nSPS) is 19.7. The van der Waals surface area contributed by atoms with Gasteiger partial charge < -0.3 is 20.8 Å². The fourth-order valence-electron chi connectivity index (χ4n) is 3.91. The van der Waals surface area contributed by atoms with Gasteiger partial charge in [-0.1, -0.05) is 51.9 Å². The number of hydrogen-bond donors (Lipinski definition) is 4. The van der Waals surface area contributed by atoms with Crippen molar-refractivity contribution in [3.8, 4) is 0 Å². The molecule has 6 heteroatoms. The Morgan fingerprint density at radius 3 is 1.85 bits per heavy atom. The van der Waals surface area contributed by atoms with Gasteiger partial charge in [0.2, 0.25) is 0 Å². The lowest BCUT2D eigenvalue weighted by Crippen LogP contribution is -2.40. The molecule has 2 fully saturated rings. The summed E-state index contributed by atoms with van der Waals surface area (Å²) in [6, 6.07) is 1.01. The molecule has 0 aliphatic heterocycles. The summed E-state index contributed by atoms with van der Waals surface area (Å²) in [6.45, 7) is 2.63. The van der Waals surface area contributed by atoms with Crippen LogP contribution >= 0.6 is 0 Å². The number of nitrogens with one attached hydrogen (secondary N) is 2. The van der Waals surface area contributed by atoms with E-state index in [2.05, 4.69) is 10.6 Å². The number of aliphatic carboxylic acids is 2. The van der Waals surface area contributed by atoms with Crippen molar-refractivity contribution in [3.05, 3.63) is 0 Å². The lowest BCUT2D eigenvalue weighted by atomic mass is 9.91. The molecule has 0 radical (unpaired) electrons. The van der Waals surface area contributed by atoms with Gasteiger partial charge in [0.15, 0.2) is 0 Å². The zero-order valence-corrected chi connectivity index (χ0v) is 17.0. The molecule has 0 bridgehead atoms. The molecule has 158 valence electrons. The van der Waals surface area contributed by atoms with E-state index in [0.29, 0.717) is 6.54 Å². The summed E-state index contributed by atoms with van der Waals surface area (Å²) < 4.78 is 0. The molecule has 2 saturated carbocycles. The van der Waals surface area contributed by atoms with E-state index in [-0.39, 0.29) is 12.8 Å². The summed E-state index contributed by atoms with van der Waals surface area (Å²) in [5.41, 5.74) is 0. The zero-order valence-electron chi connectivity index (χ0n) is 17.0. The van der Waals surface area contributed by atoms with Crippen molar-refractivity contribution in [2.45, 2.75) is 115 Å². The Bertz CT molecular complexity index is 389. The van der Waals surface area contributed by atoms with Crippen molar-refractivity contribution in [2.75, 3.05) is 6.54 Å². The molecule has 0 saturated heterocycles. The molecule has 4 N–H and O–H groups in total. The predicted molar refractivity (Wildman–Crippen MR) is 108 cm³/mol. The molecule has 0 spiro atoms. The second kappa shape index (κ2) is 14.9. The molecule has 2 aliphatic carbocycles. The van der Waals surface area contributed by atoms with E-state index in [9.17, 15) is 9.59 Å². The highest BCUT2D eigenvalue weighted by Crippen LogP contribution is 2.22. The molecule has 0 aromatic rings. The third-order valence-corrected chi connectivity index (χ3v) is 5.55. The van der Waals surface area contributed by atoms with E-state index in [1.165, 1.54) is 64.2 Å². The zero-order chi connectivity index (χ0) is 19.9. The number of unbranched alkanes of at least 4 members (excludes halogenated alkanes) is 1. The smallest absolute Gasteiger partial charge is 0.320 e. The van der Waals surface area contributed by atoms with Gasteiger partial charge >= 0.3 is 11.9 Å². The van der Waals surface area contributed by atoms with Gasteiger partial charge in [-0.25, -0.2) is 0 Å². The second-order valence-electron chi connectivity index (χ2n) is 7.97. The third kappa shape index (κ3) is 12.0. The minimum atomic E-state index is -0.984. The minimum absolute atomic E-state index is 0.115.